The highest BCUT2D eigenvalue weighted by Crippen LogP contribution is 2.22. The number of aromatic nitrogens is 4. The number of nitrogens with one attached hydrogen (secondary N) is 1. The molecule has 0 bridgehead atoms. The first-order valence-electron chi connectivity index (χ1n) is 9.78. The minimum atomic E-state index is -0.111. The van der Waals surface area contributed by atoms with Crippen LogP contribution in [0.2, 0.25) is 0 Å². The molecule has 0 spiro atoms. The van der Waals surface area contributed by atoms with Gasteiger partial charge in [0, 0.05) is 6.04 Å². The fourth-order valence-corrected chi connectivity index (χ4v) is 4.09. The van der Waals surface area contributed by atoms with E-state index in [0.29, 0.717) is 22.9 Å². The molecule has 0 aliphatic carbocycles. The normalized spacial score (nSPS) is 11.5. The van der Waals surface area contributed by atoms with E-state index >= 15 is 0 Å². The summed E-state index contributed by atoms with van der Waals surface area (Å²) in [6.07, 6.45) is 0. The average Bonchev–Trinajstić information content (AvgIpc) is 3.14. The second-order valence-corrected chi connectivity index (χ2v) is 8.47. The predicted molar refractivity (Wildman–Crippen MR) is 119 cm³/mol. The molecule has 0 saturated heterocycles. The summed E-state index contributed by atoms with van der Waals surface area (Å²) >= 11 is 1.31. The van der Waals surface area contributed by atoms with Crippen LogP contribution in [0.1, 0.15) is 25.0 Å². The van der Waals surface area contributed by atoms with E-state index in [2.05, 4.69) is 15.5 Å². The van der Waals surface area contributed by atoms with Gasteiger partial charge in [-0.1, -0.05) is 53.7 Å². The number of amides is 1. The molecule has 0 aliphatic heterocycles. The van der Waals surface area contributed by atoms with Crippen LogP contribution in [0.3, 0.4) is 0 Å². The number of para-hydroxylation sites is 1. The highest BCUT2D eigenvalue weighted by molar-refractivity contribution is 7.99. The number of aryl methyl sites for hydroxylation is 1. The van der Waals surface area contributed by atoms with Crippen LogP contribution in [0, 0.1) is 6.92 Å². The second kappa shape index (κ2) is 8.31. The summed E-state index contributed by atoms with van der Waals surface area (Å²) in [6, 6.07) is 15.6. The molecule has 2 aromatic carbocycles. The molecule has 2 heterocycles. The molecule has 30 heavy (non-hydrogen) atoms. The topological polar surface area (TPSA) is 81.3 Å². The maximum Gasteiger partial charge on any atom is 0.263 e. The summed E-state index contributed by atoms with van der Waals surface area (Å²) < 4.78 is 3.50. The van der Waals surface area contributed by atoms with Crippen LogP contribution in [-0.2, 0) is 11.3 Å². The third-order valence-electron chi connectivity index (χ3n) is 4.72. The van der Waals surface area contributed by atoms with Gasteiger partial charge in [-0.05, 0) is 38.5 Å². The van der Waals surface area contributed by atoms with Crippen LogP contribution < -0.4 is 10.9 Å². The largest absolute Gasteiger partial charge is 0.353 e. The van der Waals surface area contributed by atoms with E-state index in [1.54, 1.807) is 4.57 Å². The number of fused-ring (bicyclic) bond motifs is 3. The Kier molecular flexibility index (Phi) is 5.59. The number of rotatable bonds is 6. The van der Waals surface area contributed by atoms with Crippen molar-refractivity contribution >= 4 is 34.3 Å². The van der Waals surface area contributed by atoms with Gasteiger partial charge in [0.05, 0.1) is 23.2 Å². The summed E-state index contributed by atoms with van der Waals surface area (Å²) in [5.74, 6) is 0.625. The lowest BCUT2D eigenvalue weighted by Crippen LogP contribution is -2.31. The summed E-state index contributed by atoms with van der Waals surface area (Å²) in [4.78, 5) is 25.3. The maximum atomic E-state index is 13.2. The van der Waals surface area contributed by atoms with Crippen molar-refractivity contribution in [3.8, 4) is 0 Å². The van der Waals surface area contributed by atoms with E-state index in [-0.39, 0.29) is 23.3 Å². The Bertz CT molecular complexity index is 1270. The van der Waals surface area contributed by atoms with Gasteiger partial charge in [-0.3, -0.25) is 18.6 Å². The highest BCUT2D eigenvalue weighted by atomic mass is 32.2. The number of hydrogen-bond acceptors (Lipinski definition) is 5. The van der Waals surface area contributed by atoms with Crippen molar-refractivity contribution in [3.63, 3.8) is 0 Å². The molecule has 0 fully saturated rings. The molecular weight excluding hydrogens is 398 g/mol. The quantitative estimate of drug-likeness (QED) is 0.484. The molecule has 0 unspecified atom stereocenters. The van der Waals surface area contributed by atoms with Crippen LogP contribution >= 0.6 is 11.8 Å². The van der Waals surface area contributed by atoms with E-state index in [4.69, 9.17) is 0 Å². The van der Waals surface area contributed by atoms with Crippen molar-refractivity contribution in [3.05, 3.63) is 70.0 Å². The van der Waals surface area contributed by atoms with Crippen molar-refractivity contribution < 1.29 is 4.79 Å². The molecule has 0 saturated carbocycles. The highest BCUT2D eigenvalue weighted by Gasteiger charge is 2.18. The zero-order valence-electron chi connectivity index (χ0n) is 17.1. The number of carbonyl (C=O) groups is 1. The Hall–Kier alpha value is -3.13. The van der Waals surface area contributed by atoms with E-state index < -0.39 is 0 Å². The summed E-state index contributed by atoms with van der Waals surface area (Å²) in [5, 5.41) is 12.6. The molecule has 0 radical (unpaired) electrons. The second-order valence-electron chi connectivity index (χ2n) is 7.52. The van der Waals surface area contributed by atoms with E-state index in [9.17, 15) is 9.59 Å². The van der Waals surface area contributed by atoms with Gasteiger partial charge in [0.2, 0.25) is 11.7 Å². The molecular formula is C22H23N5O2S. The van der Waals surface area contributed by atoms with Crippen molar-refractivity contribution in [1.82, 2.24) is 24.5 Å². The van der Waals surface area contributed by atoms with Gasteiger partial charge in [0.1, 0.15) is 0 Å². The first-order chi connectivity index (χ1) is 14.4. The molecule has 4 aromatic rings. The third-order valence-corrected chi connectivity index (χ3v) is 5.65. The van der Waals surface area contributed by atoms with Crippen molar-refractivity contribution in [1.29, 1.82) is 0 Å². The van der Waals surface area contributed by atoms with Crippen LogP contribution in [0.4, 0.5) is 0 Å². The predicted octanol–water partition coefficient (Wildman–Crippen LogP) is 3.02. The van der Waals surface area contributed by atoms with Gasteiger partial charge in [0.25, 0.3) is 5.56 Å². The average molecular weight is 422 g/mol. The van der Waals surface area contributed by atoms with Crippen LogP contribution in [0.25, 0.3) is 16.7 Å². The fraction of sp³-hybridized carbons (Fsp3) is 0.273. The molecule has 8 heteroatoms. The smallest absolute Gasteiger partial charge is 0.263 e. The first kappa shape index (κ1) is 20.2. The SMILES string of the molecule is Cc1ccc(Cn2c(=O)c3ccccc3n3c(SCC(=O)NC(C)C)nnc23)cc1. The molecule has 7 nitrogen and oxygen atoms in total. The van der Waals surface area contributed by atoms with Crippen LogP contribution in [0.15, 0.2) is 58.5 Å². The Morgan fingerprint density at radius 2 is 1.83 bits per heavy atom. The minimum absolute atomic E-state index is 0.0657. The summed E-state index contributed by atoms with van der Waals surface area (Å²) in [6.45, 7) is 6.27. The molecule has 0 atom stereocenters. The summed E-state index contributed by atoms with van der Waals surface area (Å²) in [5.41, 5.74) is 2.79. The number of hydrogen-bond donors (Lipinski definition) is 1. The Labute approximate surface area is 178 Å². The number of thioether (sulfide) groups is 1. The number of nitrogens with zero attached hydrogens (tertiary/aromatic N) is 4. The molecule has 2 aromatic heterocycles. The van der Waals surface area contributed by atoms with E-state index in [1.165, 1.54) is 11.8 Å². The molecule has 1 amide bonds. The third kappa shape index (κ3) is 3.95. The van der Waals surface area contributed by atoms with Crippen molar-refractivity contribution in [2.45, 2.75) is 38.5 Å². The van der Waals surface area contributed by atoms with Gasteiger partial charge in [-0.15, -0.1) is 10.2 Å². The fourth-order valence-electron chi connectivity index (χ4n) is 3.34. The Morgan fingerprint density at radius 3 is 2.57 bits per heavy atom. The lowest BCUT2D eigenvalue weighted by atomic mass is 10.1. The van der Waals surface area contributed by atoms with Gasteiger partial charge in [0.15, 0.2) is 5.16 Å². The van der Waals surface area contributed by atoms with Gasteiger partial charge >= 0.3 is 0 Å². The zero-order valence-corrected chi connectivity index (χ0v) is 17.9. The lowest BCUT2D eigenvalue weighted by Gasteiger charge is -2.12. The molecule has 154 valence electrons. The summed E-state index contributed by atoms with van der Waals surface area (Å²) in [7, 11) is 0. The monoisotopic (exact) mass is 421 g/mol. The Balaban J connectivity index is 1.81. The van der Waals surface area contributed by atoms with Gasteiger partial charge < -0.3 is 5.32 Å². The molecule has 0 aliphatic rings. The lowest BCUT2D eigenvalue weighted by molar-refractivity contribution is -0.119. The Morgan fingerprint density at radius 1 is 1.10 bits per heavy atom. The van der Waals surface area contributed by atoms with E-state index in [0.717, 1.165) is 16.6 Å². The number of carbonyl (C=O) groups excluding carboxylic acids is 1. The molecule has 4 rings (SSSR count). The maximum absolute atomic E-state index is 13.2. The van der Waals surface area contributed by atoms with Gasteiger partial charge in [-0.25, -0.2) is 0 Å². The van der Waals surface area contributed by atoms with E-state index in [1.807, 2.05) is 73.7 Å². The minimum Gasteiger partial charge on any atom is -0.353 e. The standard InChI is InChI=1S/C22H23N5O2S/c1-14(2)23-19(28)13-30-22-25-24-21-26(12-16-10-8-15(3)9-11-16)20(29)17-6-4-5-7-18(17)27(21)22/h4-11,14H,12-13H2,1-3H3,(H,23,28). The van der Waals surface area contributed by atoms with Gasteiger partial charge in [-0.2, -0.15) is 0 Å². The number of benzene rings is 2. The van der Waals surface area contributed by atoms with Crippen molar-refractivity contribution in [2.75, 3.05) is 5.75 Å². The van der Waals surface area contributed by atoms with Crippen LogP contribution in [-0.4, -0.2) is 36.9 Å². The first-order valence-corrected chi connectivity index (χ1v) is 10.8. The van der Waals surface area contributed by atoms with Crippen molar-refractivity contribution in [2.24, 2.45) is 0 Å². The zero-order chi connectivity index (χ0) is 21.3. The van der Waals surface area contributed by atoms with Crippen LogP contribution in [0.5, 0.6) is 0 Å². The molecule has 1 N–H and O–H groups in total.